The van der Waals surface area contributed by atoms with Crippen LogP contribution in [-0.2, 0) is 14.9 Å². The van der Waals surface area contributed by atoms with E-state index >= 15 is 0 Å². The third kappa shape index (κ3) is 3.78. The molecule has 9 heteroatoms. The van der Waals surface area contributed by atoms with Gasteiger partial charge in [0.05, 0.1) is 22.5 Å². The van der Waals surface area contributed by atoms with Gasteiger partial charge in [0, 0.05) is 0 Å². The lowest BCUT2D eigenvalue weighted by Gasteiger charge is -2.12. The fourth-order valence-corrected chi connectivity index (χ4v) is 2.63. The number of rotatable bonds is 4. The minimum Gasteiger partial charge on any atom is -0.282 e. The van der Waals surface area contributed by atoms with Gasteiger partial charge in [-0.2, -0.15) is 28.8 Å². The van der Waals surface area contributed by atoms with Crippen LogP contribution in [0.4, 0.5) is 11.4 Å². The fourth-order valence-electron chi connectivity index (χ4n) is 2.15. The van der Waals surface area contributed by atoms with E-state index in [4.69, 9.17) is 4.55 Å². The molecule has 0 radical (unpaired) electrons. The van der Waals surface area contributed by atoms with Crippen LogP contribution in [0.2, 0.25) is 0 Å². The van der Waals surface area contributed by atoms with E-state index in [1.807, 2.05) is 19.1 Å². The number of hydrogen-bond acceptors (Lipinski definition) is 6. The van der Waals surface area contributed by atoms with Crippen molar-refractivity contribution >= 4 is 33.6 Å². The Kier molecular flexibility index (Phi) is 4.43. The van der Waals surface area contributed by atoms with Crippen LogP contribution in [0, 0.1) is 6.92 Å². The first-order valence-electron chi connectivity index (χ1n) is 7.28. The summed E-state index contributed by atoms with van der Waals surface area (Å²) in [6.07, 6.45) is 1.39. The van der Waals surface area contributed by atoms with Gasteiger partial charge < -0.3 is 0 Å². The summed E-state index contributed by atoms with van der Waals surface area (Å²) in [7, 11) is -4.25. The van der Waals surface area contributed by atoms with Gasteiger partial charge in [-0.3, -0.25) is 9.35 Å². The quantitative estimate of drug-likeness (QED) is 0.669. The second-order valence-corrected chi connectivity index (χ2v) is 6.80. The molecule has 1 amide bonds. The molecule has 1 N–H and O–H groups in total. The van der Waals surface area contributed by atoms with Crippen LogP contribution >= 0.6 is 0 Å². The predicted molar refractivity (Wildman–Crippen MR) is 91.7 cm³/mol. The molecule has 0 aromatic heterocycles. The van der Waals surface area contributed by atoms with Gasteiger partial charge in [0.25, 0.3) is 16.0 Å². The van der Waals surface area contributed by atoms with E-state index in [-0.39, 0.29) is 10.8 Å². The number of carbonyl (C=O) groups is 1. The maximum Gasteiger partial charge on any atom is 0.294 e. The van der Waals surface area contributed by atoms with Gasteiger partial charge in [0.1, 0.15) is 0 Å². The van der Waals surface area contributed by atoms with Crippen molar-refractivity contribution in [2.24, 2.45) is 15.3 Å². The van der Waals surface area contributed by atoms with E-state index in [1.54, 1.807) is 12.1 Å². The summed E-state index contributed by atoms with van der Waals surface area (Å²) in [5, 5.41) is 13.1. The van der Waals surface area contributed by atoms with Gasteiger partial charge in [-0.25, -0.2) is 0 Å². The Labute approximate surface area is 144 Å². The van der Waals surface area contributed by atoms with Crippen LogP contribution in [0.15, 0.2) is 68.8 Å². The first-order valence-corrected chi connectivity index (χ1v) is 8.72. The highest BCUT2D eigenvalue weighted by Gasteiger charge is 2.29. The molecule has 0 bridgehead atoms. The van der Waals surface area contributed by atoms with Gasteiger partial charge in [0.15, 0.2) is 6.04 Å². The van der Waals surface area contributed by atoms with Crippen LogP contribution in [0.1, 0.15) is 5.56 Å². The van der Waals surface area contributed by atoms with Crippen molar-refractivity contribution in [2.75, 3.05) is 5.01 Å². The zero-order valence-electron chi connectivity index (χ0n) is 13.1. The third-order valence-electron chi connectivity index (χ3n) is 3.50. The monoisotopic (exact) mass is 358 g/mol. The van der Waals surface area contributed by atoms with Crippen molar-refractivity contribution in [3.8, 4) is 0 Å². The summed E-state index contributed by atoms with van der Waals surface area (Å²) in [6.45, 7) is 1.95. The van der Waals surface area contributed by atoms with Crippen molar-refractivity contribution in [3.63, 3.8) is 0 Å². The van der Waals surface area contributed by atoms with Gasteiger partial charge in [-0.05, 0) is 43.3 Å². The predicted octanol–water partition coefficient (Wildman–Crippen LogP) is 2.73. The second kappa shape index (κ2) is 6.54. The summed E-state index contributed by atoms with van der Waals surface area (Å²) in [6, 6.07) is 11.6. The highest BCUT2D eigenvalue weighted by Crippen LogP contribution is 2.22. The number of benzene rings is 2. The largest absolute Gasteiger partial charge is 0.294 e. The number of nitrogens with zero attached hydrogens (tertiary/aromatic N) is 4. The molecule has 1 aliphatic heterocycles. The Morgan fingerprint density at radius 3 is 2.32 bits per heavy atom. The zero-order valence-corrected chi connectivity index (χ0v) is 14.0. The summed E-state index contributed by atoms with van der Waals surface area (Å²) in [4.78, 5) is 12.1. The molecule has 3 rings (SSSR count). The second-order valence-electron chi connectivity index (χ2n) is 5.38. The maximum absolute atomic E-state index is 12.3. The highest BCUT2D eigenvalue weighted by atomic mass is 32.2. The van der Waals surface area contributed by atoms with Gasteiger partial charge in [-0.1, -0.05) is 17.7 Å². The molecular weight excluding hydrogens is 344 g/mol. The van der Waals surface area contributed by atoms with Crippen LogP contribution in [0.25, 0.3) is 0 Å². The molecular formula is C16H14N4O4S. The topological polar surface area (TPSA) is 112 Å². The van der Waals surface area contributed by atoms with Gasteiger partial charge in [-0.15, -0.1) is 0 Å². The van der Waals surface area contributed by atoms with Crippen LogP contribution < -0.4 is 5.01 Å². The van der Waals surface area contributed by atoms with Gasteiger partial charge >= 0.3 is 0 Å². The van der Waals surface area contributed by atoms with E-state index < -0.39 is 16.2 Å². The number of hydrazone groups is 1. The van der Waals surface area contributed by atoms with E-state index in [0.717, 1.165) is 5.56 Å². The summed E-state index contributed by atoms with van der Waals surface area (Å²) in [5.74, 6) is -0.331. The molecule has 1 atom stereocenters. The summed E-state index contributed by atoms with van der Waals surface area (Å²) >= 11 is 0. The van der Waals surface area contributed by atoms with E-state index in [9.17, 15) is 13.2 Å². The molecule has 0 saturated carbocycles. The first kappa shape index (κ1) is 16.9. The number of hydrogen-bond donors (Lipinski definition) is 1. The SMILES string of the molecule is Cc1ccc(N2N=CC(N=Nc3ccc(S(=O)(=O)O)cc3)C2=O)cc1. The molecule has 0 saturated heterocycles. The average molecular weight is 358 g/mol. The molecule has 1 aliphatic rings. The van der Waals surface area contributed by atoms with Crippen molar-refractivity contribution in [1.29, 1.82) is 0 Å². The first-order chi connectivity index (χ1) is 11.8. The Hall–Kier alpha value is -2.91. The minimum absolute atomic E-state index is 0.240. The van der Waals surface area contributed by atoms with E-state index in [0.29, 0.717) is 11.4 Å². The molecule has 0 spiro atoms. The molecule has 25 heavy (non-hydrogen) atoms. The molecule has 2 aromatic rings. The minimum atomic E-state index is -4.25. The molecule has 8 nitrogen and oxygen atoms in total. The van der Waals surface area contributed by atoms with E-state index in [2.05, 4.69) is 15.3 Å². The molecule has 2 aromatic carbocycles. The highest BCUT2D eigenvalue weighted by molar-refractivity contribution is 7.85. The Bertz CT molecular complexity index is 951. The normalized spacial score (nSPS) is 17.6. The Morgan fingerprint density at radius 2 is 1.72 bits per heavy atom. The standard InChI is InChI=1S/C16H14N4O4S/c1-11-2-6-13(7-3-11)20-16(21)15(10-17-20)19-18-12-4-8-14(9-5-12)25(22,23)24/h2-10,15H,1H3,(H,22,23,24). The molecule has 1 unspecified atom stereocenters. The zero-order chi connectivity index (χ0) is 18.0. The Balaban J connectivity index is 1.72. The van der Waals surface area contributed by atoms with Crippen molar-refractivity contribution in [3.05, 3.63) is 54.1 Å². The van der Waals surface area contributed by atoms with Crippen LogP contribution in [0.3, 0.4) is 0 Å². The number of amides is 1. The fraction of sp³-hybridized carbons (Fsp3) is 0.125. The van der Waals surface area contributed by atoms with E-state index in [1.165, 1.54) is 35.5 Å². The lowest BCUT2D eigenvalue weighted by Crippen LogP contribution is -2.28. The summed E-state index contributed by atoms with van der Waals surface area (Å²) in [5.41, 5.74) is 2.06. The van der Waals surface area contributed by atoms with Crippen molar-refractivity contribution in [1.82, 2.24) is 0 Å². The number of anilines is 1. The van der Waals surface area contributed by atoms with Crippen LogP contribution in [-0.4, -0.2) is 31.1 Å². The number of aryl methyl sites for hydroxylation is 1. The smallest absolute Gasteiger partial charge is 0.282 e. The Morgan fingerprint density at radius 1 is 1.08 bits per heavy atom. The van der Waals surface area contributed by atoms with Gasteiger partial charge in [0.2, 0.25) is 0 Å². The van der Waals surface area contributed by atoms with Crippen LogP contribution in [0.5, 0.6) is 0 Å². The summed E-state index contributed by atoms with van der Waals surface area (Å²) < 4.78 is 30.9. The lowest BCUT2D eigenvalue weighted by molar-refractivity contribution is -0.117. The lowest BCUT2D eigenvalue weighted by atomic mass is 10.2. The van der Waals surface area contributed by atoms with Crippen molar-refractivity contribution < 1.29 is 17.8 Å². The third-order valence-corrected chi connectivity index (χ3v) is 4.36. The molecule has 1 heterocycles. The van der Waals surface area contributed by atoms with Crippen molar-refractivity contribution in [2.45, 2.75) is 17.9 Å². The molecule has 0 aliphatic carbocycles. The molecule has 128 valence electrons. The number of carbonyl (C=O) groups excluding carboxylic acids is 1. The average Bonchev–Trinajstić information content (AvgIpc) is 2.94. The molecule has 0 fully saturated rings. The number of azo groups is 1. The maximum atomic E-state index is 12.3.